The molecule has 2 rings (SSSR count). The van der Waals surface area contributed by atoms with Crippen LogP contribution in [-0.2, 0) is 0 Å². The van der Waals surface area contributed by atoms with Crippen LogP contribution < -0.4 is 5.32 Å². The molecule has 1 N–H and O–H groups in total. The maximum atomic E-state index is 8.84. The molecule has 0 saturated carbocycles. The fourth-order valence-electron chi connectivity index (χ4n) is 1.57. The molecule has 0 fully saturated rings. The van der Waals surface area contributed by atoms with Crippen LogP contribution in [0.3, 0.4) is 0 Å². The van der Waals surface area contributed by atoms with Crippen molar-refractivity contribution in [3.05, 3.63) is 35.4 Å². The highest BCUT2D eigenvalue weighted by Crippen LogP contribution is 2.29. The third-order valence-electron chi connectivity index (χ3n) is 2.37. The molecule has 13 heavy (non-hydrogen) atoms. The van der Waals surface area contributed by atoms with E-state index in [0.29, 0.717) is 6.54 Å². The van der Waals surface area contributed by atoms with Crippen LogP contribution in [0.15, 0.2) is 29.8 Å². The Morgan fingerprint density at radius 2 is 2.15 bits per heavy atom. The lowest BCUT2D eigenvalue weighted by Crippen LogP contribution is -2.11. The topological polar surface area (TPSA) is 35.8 Å². The predicted octanol–water partition coefficient (Wildman–Crippen LogP) is 2.41. The van der Waals surface area contributed by atoms with Crippen LogP contribution in [0.5, 0.6) is 0 Å². The minimum Gasteiger partial charge on any atom is -0.380 e. The van der Waals surface area contributed by atoms with Crippen molar-refractivity contribution < 1.29 is 0 Å². The molecule has 0 radical (unpaired) electrons. The Morgan fingerprint density at radius 1 is 1.38 bits per heavy atom. The van der Waals surface area contributed by atoms with Crippen molar-refractivity contribution in [2.24, 2.45) is 0 Å². The van der Waals surface area contributed by atoms with Gasteiger partial charge in [0.1, 0.15) is 0 Å². The number of rotatable bonds is 0. The summed E-state index contributed by atoms with van der Waals surface area (Å²) in [6.07, 6.45) is 0. The van der Waals surface area contributed by atoms with Gasteiger partial charge in [-0.1, -0.05) is 18.2 Å². The molecule has 0 aromatic heterocycles. The molecule has 0 saturated heterocycles. The Labute approximate surface area is 77.5 Å². The number of anilines is 1. The van der Waals surface area contributed by atoms with Crippen molar-refractivity contribution in [2.75, 3.05) is 11.9 Å². The van der Waals surface area contributed by atoms with Gasteiger partial charge in [0, 0.05) is 11.3 Å². The molecule has 0 aliphatic carbocycles. The molecule has 2 nitrogen and oxygen atoms in total. The molecule has 1 aromatic carbocycles. The zero-order valence-corrected chi connectivity index (χ0v) is 7.46. The number of fused-ring (bicyclic) bond motifs is 1. The number of hydrogen-bond acceptors (Lipinski definition) is 2. The van der Waals surface area contributed by atoms with Crippen LogP contribution in [0, 0.1) is 11.3 Å². The van der Waals surface area contributed by atoms with E-state index in [4.69, 9.17) is 5.26 Å². The maximum Gasteiger partial charge on any atom is 0.0969 e. The second kappa shape index (κ2) is 2.95. The van der Waals surface area contributed by atoms with Crippen LogP contribution in [-0.4, -0.2) is 6.54 Å². The lowest BCUT2D eigenvalue weighted by molar-refractivity contribution is 1.22. The fraction of sp³-hybridized carbons (Fsp3) is 0.182. The molecule has 0 bridgehead atoms. The number of nitrogens with zero attached hydrogens (tertiary/aromatic N) is 1. The monoisotopic (exact) mass is 170 g/mol. The zero-order valence-electron chi connectivity index (χ0n) is 7.46. The Bertz CT molecular complexity index is 410. The summed E-state index contributed by atoms with van der Waals surface area (Å²) >= 11 is 0. The summed E-state index contributed by atoms with van der Waals surface area (Å²) < 4.78 is 0. The maximum absolute atomic E-state index is 8.84. The molecule has 0 spiro atoms. The summed E-state index contributed by atoms with van der Waals surface area (Å²) in [5.41, 5.74) is 4.19. The van der Waals surface area contributed by atoms with E-state index >= 15 is 0 Å². The van der Waals surface area contributed by atoms with Gasteiger partial charge in [0.25, 0.3) is 0 Å². The molecule has 1 aromatic rings. The number of nitriles is 1. The lowest BCUT2D eigenvalue weighted by atomic mass is 9.97. The van der Waals surface area contributed by atoms with Gasteiger partial charge in [-0.25, -0.2) is 0 Å². The molecule has 1 aliphatic heterocycles. The standard InChI is InChI=1S/C11H10N2/c1-8-9(6-12)7-13-11-5-3-2-4-10(8)11/h2-5,13H,7H2,1H3. The smallest absolute Gasteiger partial charge is 0.0969 e. The highest BCUT2D eigenvalue weighted by atomic mass is 14.9. The van der Waals surface area contributed by atoms with E-state index in [1.807, 2.05) is 31.2 Å². The van der Waals surface area contributed by atoms with E-state index < -0.39 is 0 Å². The van der Waals surface area contributed by atoms with Gasteiger partial charge in [-0.2, -0.15) is 5.26 Å². The zero-order chi connectivity index (χ0) is 9.26. The number of para-hydroxylation sites is 1. The summed E-state index contributed by atoms with van der Waals surface area (Å²) in [5, 5.41) is 12.1. The van der Waals surface area contributed by atoms with E-state index in [0.717, 1.165) is 22.4 Å². The van der Waals surface area contributed by atoms with Crippen LogP contribution >= 0.6 is 0 Å². The van der Waals surface area contributed by atoms with Gasteiger partial charge in [0.15, 0.2) is 0 Å². The fourth-order valence-corrected chi connectivity index (χ4v) is 1.57. The third kappa shape index (κ3) is 1.19. The Hall–Kier alpha value is -1.75. The van der Waals surface area contributed by atoms with Crippen LogP contribution in [0.25, 0.3) is 5.57 Å². The van der Waals surface area contributed by atoms with E-state index in [1.54, 1.807) is 0 Å². The predicted molar refractivity (Wildman–Crippen MR) is 53.1 cm³/mol. The number of allylic oxidation sites excluding steroid dienone is 1. The van der Waals surface area contributed by atoms with Gasteiger partial charge in [0.2, 0.25) is 0 Å². The highest BCUT2D eigenvalue weighted by molar-refractivity contribution is 5.82. The minimum atomic E-state index is 0.652. The average molecular weight is 170 g/mol. The first-order valence-corrected chi connectivity index (χ1v) is 4.26. The molecular formula is C11H10N2. The molecular weight excluding hydrogens is 160 g/mol. The second-order valence-corrected chi connectivity index (χ2v) is 3.11. The first kappa shape index (κ1) is 7.88. The van der Waals surface area contributed by atoms with E-state index in [9.17, 15) is 0 Å². The number of hydrogen-bond donors (Lipinski definition) is 1. The summed E-state index contributed by atoms with van der Waals surface area (Å²) in [6.45, 7) is 2.65. The van der Waals surface area contributed by atoms with E-state index in [1.165, 1.54) is 0 Å². The van der Waals surface area contributed by atoms with Gasteiger partial charge < -0.3 is 5.32 Å². The molecule has 2 heteroatoms. The quantitative estimate of drug-likeness (QED) is 0.649. The van der Waals surface area contributed by atoms with Gasteiger partial charge in [-0.3, -0.25) is 0 Å². The van der Waals surface area contributed by atoms with Gasteiger partial charge in [0.05, 0.1) is 18.2 Å². The lowest BCUT2D eigenvalue weighted by Gasteiger charge is -2.18. The summed E-state index contributed by atoms with van der Waals surface area (Å²) in [4.78, 5) is 0. The van der Waals surface area contributed by atoms with Crippen molar-refractivity contribution in [2.45, 2.75) is 6.92 Å². The molecule has 0 atom stereocenters. The Kier molecular flexibility index (Phi) is 1.79. The first-order valence-electron chi connectivity index (χ1n) is 4.26. The first-order chi connectivity index (χ1) is 6.33. The van der Waals surface area contributed by atoms with E-state index in [-0.39, 0.29) is 0 Å². The van der Waals surface area contributed by atoms with Gasteiger partial charge >= 0.3 is 0 Å². The summed E-state index contributed by atoms with van der Waals surface area (Å²) in [5.74, 6) is 0. The molecule has 1 aliphatic rings. The minimum absolute atomic E-state index is 0.652. The second-order valence-electron chi connectivity index (χ2n) is 3.11. The average Bonchev–Trinajstić information content (AvgIpc) is 2.19. The third-order valence-corrected chi connectivity index (χ3v) is 2.37. The highest BCUT2D eigenvalue weighted by Gasteiger charge is 2.13. The summed E-state index contributed by atoms with van der Waals surface area (Å²) in [7, 11) is 0. The van der Waals surface area contributed by atoms with Crippen molar-refractivity contribution in [3.63, 3.8) is 0 Å². The molecule has 0 amide bonds. The van der Waals surface area contributed by atoms with Crippen molar-refractivity contribution in [1.82, 2.24) is 0 Å². The van der Waals surface area contributed by atoms with Crippen molar-refractivity contribution >= 4 is 11.3 Å². The number of nitrogens with one attached hydrogen (secondary N) is 1. The van der Waals surface area contributed by atoms with Gasteiger partial charge in [-0.15, -0.1) is 0 Å². The number of benzene rings is 1. The van der Waals surface area contributed by atoms with Crippen LogP contribution in [0.2, 0.25) is 0 Å². The SMILES string of the molecule is CC1=C(C#N)CNc2ccccc21. The normalized spacial score (nSPS) is 14.5. The van der Waals surface area contributed by atoms with Gasteiger partial charge in [-0.05, 0) is 18.6 Å². The molecule has 1 heterocycles. The molecule has 64 valence electrons. The van der Waals surface area contributed by atoms with Crippen molar-refractivity contribution in [3.8, 4) is 6.07 Å². The van der Waals surface area contributed by atoms with E-state index in [2.05, 4.69) is 11.4 Å². The Balaban J connectivity index is 2.60. The Morgan fingerprint density at radius 3 is 2.92 bits per heavy atom. The summed E-state index contributed by atoms with van der Waals surface area (Å²) in [6, 6.07) is 10.3. The largest absolute Gasteiger partial charge is 0.380 e. The van der Waals surface area contributed by atoms with Crippen LogP contribution in [0.4, 0.5) is 5.69 Å². The van der Waals surface area contributed by atoms with Crippen LogP contribution in [0.1, 0.15) is 12.5 Å². The molecule has 0 unspecified atom stereocenters. The van der Waals surface area contributed by atoms with Crippen molar-refractivity contribution in [1.29, 1.82) is 5.26 Å².